The molecule has 0 heterocycles. The Morgan fingerprint density at radius 3 is 1.47 bits per heavy atom. The van der Waals surface area contributed by atoms with Crippen LogP contribution < -0.4 is 0 Å². The zero-order valence-corrected chi connectivity index (χ0v) is 12.0. The molecule has 6 nitrogen and oxygen atoms in total. The Morgan fingerprint density at radius 1 is 0.882 bits per heavy atom. The fraction of sp³-hybridized carbons (Fsp3) is 1.00. The fourth-order valence-electron chi connectivity index (χ4n) is 1.11. The molecule has 0 bridgehead atoms. The van der Waals surface area contributed by atoms with Crippen LogP contribution in [0.5, 0.6) is 0 Å². The van der Waals surface area contributed by atoms with Crippen LogP contribution in [0.4, 0.5) is 0 Å². The third-order valence-corrected chi connectivity index (χ3v) is 3.73. The molecule has 0 spiro atoms. The van der Waals surface area contributed by atoms with E-state index in [1.807, 2.05) is 0 Å². The molecule has 104 valence electrons. The summed E-state index contributed by atoms with van der Waals surface area (Å²) in [6.45, 7) is 9.76. The summed E-state index contributed by atoms with van der Waals surface area (Å²) in [4.78, 5) is 2.12. The zero-order chi connectivity index (χ0) is 13.9. The predicted molar refractivity (Wildman–Crippen MR) is 71.2 cm³/mol. The van der Waals surface area contributed by atoms with E-state index in [1.165, 1.54) is 6.04 Å². The molecule has 0 aliphatic rings. The second kappa shape index (κ2) is 11.2. The number of aliphatic hydroxyl groups excluding tert-OH is 2. The van der Waals surface area contributed by atoms with E-state index in [1.54, 1.807) is 0 Å². The molecule has 0 saturated carbocycles. The second-order valence-corrected chi connectivity index (χ2v) is 10.6. The maximum absolute atomic E-state index is 8.78. The van der Waals surface area contributed by atoms with Crippen LogP contribution in [0.15, 0.2) is 0 Å². The number of hydrogen-bond acceptors (Lipinski definition) is 6. The van der Waals surface area contributed by atoms with Crippen LogP contribution in [0, 0.1) is 0 Å². The lowest BCUT2D eigenvalue weighted by Crippen LogP contribution is -2.34. The van der Waals surface area contributed by atoms with Gasteiger partial charge in [-0.1, -0.05) is 19.6 Å². The number of nitrogens with zero attached hydrogens (tertiary/aromatic N) is 1. The first-order chi connectivity index (χ1) is 7.72. The quantitative estimate of drug-likeness (QED) is 0.362. The summed E-state index contributed by atoms with van der Waals surface area (Å²) in [6, 6.07) is 1.23. The largest absolute Gasteiger partial charge is 0.631 e. The van der Waals surface area contributed by atoms with Gasteiger partial charge in [-0.15, -0.1) is 0 Å². The molecule has 0 unspecified atom stereocenters. The normalized spacial score (nSPS) is 11.1. The predicted octanol–water partition coefficient (Wildman–Crippen LogP) is -1.44. The number of rotatable bonds is 7. The van der Waals surface area contributed by atoms with Gasteiger partial charge < -0.3 is 25.3 Å². The van der Waals surface area contributed by atoms with E-state index in [-0.39, 0.29) is 13.2 Å². The van der Waals surface area contributed by atoms with Crippen molar-refractivity contribution in [2.45, 2.75) is 25.7 Å². The first kappa shape index (κ1) is 19.4. The SMILES string of the molecule is C[Si](C)(C)CCN(CCO)CCO.OB(O)O. The Bertz CT molecular complexity index is 159. The van der Waals surface area contributed by atoms with Crippen molar-refractivity contribution in [3.63, 3.8) is 0 Å². The van der Waals surface area contributed by atoms with E-state index in [2.05, 4.69) is 24.5 Å². The average Bonchev–Trinajstić information content (AvgIpc) is 2.13. The summed E-state index contributed by atoms with van der Waals surface area (Å²) in [6.07, 6.45) is 0. The van der Waals surface area contributed by atoms with E-state index in [0.717, 1.165) is 6.54 Å². The minimum absolute atomic E-state index is 0.186. The molecule has 0 radical (unpaired) electrons. The minimum atomic E-state index is -2.17. The first-order valence-electron chi connectivity index (χ1n) is 5.71. The van der Waals surface area contributed by atoms with Crippen molar-refractivity contribution in [2.75, 3.05) is 32.8 Å². The van der Waals surface area contributed by atoms with Crippen molar-refractivity contribution in [3.05, 3.63) is 0 Å². The molecular weight excluding hydrogens is 241 g/mol. The highest BCUT2D eigenvalue weighted by atomic mass is 28.3. The van der Waals surface area contributed by atoms with Crippen LogP contribution in [0.1, 0.15) is 0 Å². The monoisotopic (exact) mass is 267 g/mol. The van der Waals surface area contributed by atoms with Gasteiger partial charge in [0, 0.05) is 21.2 Å². The lowest BCUT2D eigenvalue weighted by molar-refractivity contribution is 0.166. The zero-order valence-electron chi connectivity index (χ0n) is 11.0. The standard InChI is InChI=1S/C9H23NO2Si.BH3O3/c1-13(2,3)9-6-10(4-7-11)5-8-12;2-1(3)4/h11-12H,4-9H2,1-3H3;2-4H. The Balaban J connectivity index is 0. The highest BCUT2D eigenvalue weighted by Crippen LogP contribution is 2.08. The minimum Gasteiger partial charge on any atom is -0.402 e. The van der Waals surface area contributed by atoms with E-state index in [9.17, 15) is 0 Å². The smallest absolute Gasteiger partial charge is 0.402 e. The summed E-state index contributed by atoms with van der Waals surface area (Å²) >= 11 is 0. The third-order valence-electron chi connectivity index (χ3n) is 2.01. The number of hydrogen-bond donors (Lipinski definition) is 5. The second-order valence-electron chi connectivity index (χ2n) is 4.95. The van der Waals surface area contributed by atoms with Crippen LogP contribution in [0.3, 0.4) is 0 Å². The van der Waals surface area contributed by atoms with Crippen LogP contribution in [0.25, 0.3) is 0 Å². The van der Waals surface area contributed by atoms with Gasteiger partial charge in [-0.3, -0.25) is 4.90 Å². The molecule has 17 heavy (non-hydrogen) atoms. The average molecular weight is 267 g/mol. The molecular formula is C9H26BNO5Si. The van der Waals surface area contributed by atoms with Crippen LogP contribution in [-0.4, -0.2) is 78.4 Å². The van der Waals surface area contributed by atoms with Gasteiger partial charge in [0.25, 0.3) is 0 Å². The van der Waals surface area contributed by atoms with Crippen LogP contribution >= 0.6 is 0 Å². The highest BCUT2D eigenvalue weighted by Gasteiger charge is 2.14. The molecule has 0 rings (SSSR count). The third kappa shape index (κ3) is 21.8. The van der Waals surface area contributed by atoms with Crippen molar-refractivity contribution in [3.8, 4) is 0 Å². The van der Waals surface area contributed by atoms with Gasteiger partial charge in [-0.2, -0.15) is 0 Å². The topological polar surface area (TPSA) is 104 Å². The van der Waals surface area contributed by atoms with E-state index >= 15 is 0 Å². The number of aliphatic hydroxyl groups is 2. The molecule has 0 saturated heterocycles. The van der Waals surface area contributed by atoms with E-state index < -0.39 is 15.4 Å². The Labute approximate surface area is 105 Å². The molecule has 5 N–H and O–H groups in total. The van der Waals surface area contributed by atoms with Gasteiger partial charge >= 0.3 is 7.32 Å². The molecule has 0 aromatic carbocycles. The molecule has 0 aliphatic carbocycles. The highest BCUT2D eigenvalue weighted by molar-refractivity contribution is 6.76. The van der Waals surface area contributed by atoms with E-state index in [4.69, 9.17) is 25.3 Å². The Morgan fingerprint density at radius 2 is 1.24 bits per heavy atom. The fourth-order valence-corrected chi connectivity index (χ4v) is 2.10. The molecule has 8 heteroatoms. The van der Waals surface area contributed by atoms with Crippen LogP contribution in [-0.2, 0) is 0 Å². The molecule has 0 amide bonds. The maximum atomic E-state index is 8.78. The van der Waals surface area contributed by atoms with Crippen LogP contribution in [0.2, 0.25) is 25.7 Å². The summed E-state index contributed by atoms with van der Waals surface area (Å²) in [7, 11) is -3.15. The molecule has 0 fully saturated rings. The van der Waals surface area contributed by atoms with Gasteiger partial charge in [0.1, 0.15) is 0 Å². The Kier molecular flexibility index (Phi) is 12.7. The van der Waals surface area contributed by atoms with E-state index in [0.29, 0.717) is 13.1 Å². The van der Waals surface area contributed by atoms with Crippen molar-refractivity contribution in [1.29, 1.82) is 0 Å². The maximum Gasteiger partial charge on any atom is 0.631 e. The summed E-state index contributed by atoms with van der Waals surface area (Å²) in [5, 5.41) is 39.1. The van der Waals surface area contributed by atoms with Gasteiger partial charge in [-0.05, 0) is 12.6 Å². The molecule has 0 aromatic rings. The lowest BCUT2D eigenvalue weighted by atomic mass is 10.3. The summed E-state index contributed by atoms with van der Waals surface area (Å²) < 4.78 is 0. The van der Waals surface area contributed by atoms with Gasteiger partial charge in [0.15, 0.2) is 0 Å². The van der Waals surface area contributed by atoms with Gasteiger partial charge in [0.05, 0.1) is 13.2 Å². The summed E-state index contributed by atoms with van der Waals surface area (Å²) in [5.41, 5.74) is 0. The molecule has 0 aliphatic heterocycles. The molecule has 0 atom stereocenters. The first-order valence-corrected chi connectivity index (χ1v) is 9.42. The van der Waals surface area contributed by atoms with Crippen molar-refractivity contribution < 1.29 is 25.3 Å². The van der Waals surface area contributed by atoms with Gasteiger partial charge in [0.2, 0.25) is 0 Å². The van der Waals surface area contributed by atoms with Crippen molar-refractivity contribution >= 4 is 15.4 Å². The summed E-state index contributed by atoms with van der Waals surface area (Å²) in [5.74, 6) is 0. The van der Waals surface area contributed by atoms with Crippen molar-refractivity contribution in [2.24, 2.45) is 0 Å². The Hall–Kier alpha value is 0.0418. The van der Waals surface area contributed by atoms with Gasteiger partial charge in [-0.25, -0.2) is 0 Å². The van der Waals surface area contributed by atoms with Crippen molar-refractivity contribution in [1.82, 2.24) is 4.90 Å². The molecule has 0 aromatic heterocycles. The lowest BCUT2D eigenvalue weighted by Gasteiger charge is -2.24.